The van der Waals surface area contributed by atoms with Crippen molar-refractivity contribution < 1.29 is 9.59 Å². The maximum absolute atomic E-state index is 12.7. The van der Waals surface area contributed by atoms with Gasteiger partial charge < -0.3 is 0 Å². The van der Waals surface area contributed by atoms with Gasteiger partial charge in [0, 0.05) is 11.5 Å². The van der Waals surface area contributed by atoms with Crippen LogP contribution in [0.1, 0.15) is 28.2 Å². The highest BCUT2D eigenvalue weighted by molar-refractivity contribution is 6.23. The summed E-state index contributed by atoms with van der Waals surface area (Å²) in [7, 11) is 0. The number of carbonyl (C=O) groups is 2. The highest BCUT2D eigenvalue weighted by Crippen LogP contribution is 2.60. The zero-order valence-corrected chi connectivity index (χ0v) is 12.6. The zero-order valence-electron chi connectivity index (χ0n) is 12.6. The quantitative estimate of drug-likeness (QED) is 0.554. The molecule has 0 atom stereocenters. The minimum Gasteiger partial charge on any atom is -0.290 e. The van der Waals surface area contributed by atoms with Gasteiger partial charge in [0.1, 0.15) is 10.5 Å². The molecule has 0 fully saturated rings. The first-order chi connectivity index (χ1) is 11.7. The average Bonchev–Trinajstić information content (AvgIpc) is 2.64. The van der Waals surface area contributed by atoms with Crippen LogP contribution in [0.15, 0.2) is 71.8 Å². The minimum atomic E-state index is -1.32. The number of rotatable bonds is 0. The normalized spacial score (nSPS) is 25.9. The summed E-state index contributed by atoms with van der Waals surface area (Å²) in [6.45, 7) is 0. The lowest BCUT2D eigenvalue weighted by atomic mass is 9.55. The Morgan fingerprint density at radius 1 is 0.833 bits per heavy atom. The summed E-state index contributed by atoms with van der Waals surface area (Å²) in [5.74, 6) is -0.750. The molecule has 0 saturated carbocycles. The van der Waals surface area contributed by atoms with Crippen LogP contribution in [0.4, 0.5) is 0 Å². The Labute approximate surface area is 137 Å². The fraction of sp³-hybridized carbons (Fsp3) is 0.100. The molecule has 24 heavy (non-hydrogen) atoms. The molecule has 0 aromatic heterocycles. The number of carbonyl (C=O) groups excluding carboxylic acids is 2. The molecule has 2 bridgehead atoms. The van der Waals surface area contributed by atoms with Gasteiger partial charge in [-0.2, -0.15) is 0 Å². The van der Waals surface area contributed by atoms with Crippen LogP contribution < -0.4 is 0 Å². The van der Waals surface area contributed by atoms with Crippen LogP contribution in [0.2, 0.25) is 0 Å². The molecule has 0 amide bonds. The molecule has 0 spiro atoms. The average molecular weight is 311 g/mol. The molecule has 0 heterocycles. The molecular weight excluding hydrogens is 300 g/mol. The zero-order chi connectivity index (χ0) is 16.5. The Morgan fingerprint density at radius 2 is 1.38 bits per heavy atom. The van der Waals surface area contributed by atoms with Gasteiger partial charge in [0.2, 0.25) is 5.39 Å². The third-order valence-corrected chi connectivity index (χ3v) is 5.29. The summed E-state index contributed by atoms with van der Waals surface area (Å²) >= 11 is 0. The van der Waals surface area contributed by atoms with E-state index in [0.717, 1.165) is 22.3 Å². The van der Waals surface area contributed by atoms with Crippen LogP contribution in [0, 0.1) is 5.39 Å². The molecule has 0 radical (unpaired) electrons. The van der Waals surface area contributed by atoms with Gasteiger partial charge in [-0.1, -0.05) is 36.4 Å². The lowest BCUT2D eigenvalue weighted by molar-refractivity contribution is -0.115. The molecule has 0 N–H and O–H groups in total. The van der Waals surface area contributed by atoms with Gasteiger partial charge in [0.15, 0.2) is 11.6 Å². The second-order valence-corrected chi connectivity index (χ2v) is 6.27. The number of hydrogen-bond donors (Lipinski definition) is 0. The van der Waals surface area contributed by atoms with Gasteiger partial charge in [-0.15, -0.1) is 0 Å². The van der Waals surface area contributed by atoms with E-state index in [4.69, 9.17) is 0 Å². The van der Waals surface area contributed by atoms with Crippen molar-refractivity contribution in [2.75, 3.05) is 0 Å². The lowest BCUT2D eigenvalue weighted by Crippen LogP contribution is -2.45. The van der Waals surface area contributed by atoms with Crippen molar-refractivity contribution in [1.29, 1.82) is 5.39 Å². The van der Waals surface area contributed by atoms with Crippen LogP contribution in [-0.4, -0.2) is 11.6 Å². The number of diazo groups is 1. The van der Waals surface area contributed by atoms with Crippen molar-refractivity contribution in [3.05, 3.63) is 99.1 Å². The Bertz CT molecular complexity index is 1020. The number of nitrogens with zero attached hydrogens (tertiary/aromatic N) is 2. The van der Waals surface area contributed by atoms with Gasteiger partial charge in [-0.25, -0.2) is 0 Å². The van der Waals surface area contributed by atoms with Gasteiger partial charge in [-0.3, -0.25) is 9.59 Å². The van der Waals surface area contributed by atoms with E-state index >= 15 is 0 Å². The van der Waals surface area contributed by atoms with Crippen molar-refractivity contribution in [3.63, 3.8) is 0 Å². The number of ketones is 2. The van der Waals surface area contributed by atoms with E-state index in [-0.39, 0.29) is 17.5 Å². The van der Waals surface area contributed by atoms with Crippen LogP contribution >= 0.6 is 0 Å². The third-order valence-electron chi connectivity index (χ3n) is 5.29. The number of allylic oxidation sites excluding steroid dienone is 3. The molecule has 112 valence electrons. The fourth-order valence-electron chi connectivity index (χ4n) is 4.45. The molecule has 4 nitrogen and oxygen atoms in total. The Kier molecular flexibility index (Phi) is 2.27. The van der Waals surface area contributed by atoms with Crippen molar-refractivity contribution in [3.8, 4) is 0 Å². The van der Waals surface area contributed by atoms with Gasteiger partial charge in [0.05, 0.1) is 11.1 Å². The number of hydrogen-bond acceptors (Lipinski definition) is 3. The van der Waals surface area contributed by atoms with E-state index in [1.807, 2.05) is 48.5 Å². The monoisotopic (exact) mass is 311 g/mol. The lowest BCUT2D eigenvalue weighted by Gasteiger charge is -2.40. The van der Waals surface area contributed by atoms with Crippen LogP contribution in [0.5, 0.6) is 0 Å². The van der Waals surface area contributed by atoms with Gasteiger partial charge in [0.25, 0.3) is 0 Å². The van der Waals surface area contributed by atoms with Crippen LogP contribution in [0.3, 0.4) is 0 Å². The summed E-state index contributed by atoms with van der Waals surface area (Å²) in [6.07, 6.45) is 2.60. The molecule has 0 unspecified atom stereocenters. The fourth-order valence-corrected chi connectivity index (χ4v) is 4.45. The minimum absolute atomic E-state index is 0.188. The van der Waals surface area contributed by atoms with Crippen molar-refractivity contribution >= 4 is 11.6 Å². The van der Waals surface area contributed by atoms with E-state index in [1.54, 1.807) is 0 Å². The Hall–Kier alpha value is -3.32. The molecule has 2 aromatic carbocycles. The van der Waals surface area contributed by atoms with Crippen LogP contribution in [0.25, 0.3) is 4.98 Å². The maximum atomic E-state index is 12.7. The SMILES string of the molecule is N#[N+]C12C3=C(C(=O)C=CC3=O)C(c3ccccc31)c1ccccc12. The van der Waals surface area contributed by atoms with E-state index in [0.29, 0.717) is 11.1 Å². The van der Waals surface area contributed by atoms with E-state index in [2.05, 4.69) is 4.98 Å². The summed E-state index contributed by atoms with van der Waals surface area (Å²) < 4.78 is 0. The molecule has 4 aliphatic rings. The predicted octanol–water partition coefficient (Wildman–Crippen LogP) is 3.25. The maximum Gasteiger partial charge on any atom is 0.402 e. The van der Waals surface area contributed by atoms with Crippen molar-refractivity contribution in [2.45, 2.75) is 11.5 Å². The van der Waals surface area contributed by atoms with Crippen LogP contribution in [-0.2, 0) is 15.1 Å². The van der Waals surface area contributed by atoms with Gasteiger partial charge in [-0.05, 0) is 35.4 Å². The van der Waals surface area contributed by atoms with E-state index in [9.17, 15) is 15.0 Å². The second kappa shape index (κ2) is 4.15. The molecule has 4 heteroatoms. The van der Waals surface area contributed by atoms with Gasteiger partial charge >= 0.3 is 5.54 Å². The summed E-state index contributed by atoms with van der Waals surface area (Å²) in [4.78, 5) is 29.0. The highest BCUT2D eigenvalue weighted by atomic mass is 16.1. The molecule has 0 saturated heterocycles. The smallest absolute Gasteiger partial charge is 0.290 e. The van der Waals surface area contributed by atoms with E-state index in [1.165, 1.54) is 12.2 Å². The summed E-state index contributed by atoms with van der Waals surface area (Å²) in [5.41, 5.74) is 2.79. The molecule has 2 aromatic rings. The second-order valence-electron chi connectivity index (χ2n) is 6.27. The predicted molar refractivity (Wildman–Crippen MR) is 86.8 cm³/mol. The molecular formula is C20H11N2O2+. The molecule has 6 rings (SSSR count). The Morgan fingerprint density at radius 3 is 1.96 bits per heavy atom. The standard InChI is InChI=1S/C20H11N2O2/c21-22-20-13-7-3-1-5-11(13)17(12-6-2-4-8-14(12)20)18-15(23)9-10-16(24)19(18)20/h1-10,17H/q+1. The molecule has 0 aliphatic heterocycles. The van der Waals surface area contributed by atoms with Crippen molar-refractivity contribution in [1.82, 2.24) is 0 Å². The highest BCUT2D eigenvalue weighted by Gasteiger charge is 2.66. The van der Waals surface area contributed by atoms with E-state index < -0.39 is 5.54 Å². The third kappa shape index (κ3) is 1.24. The first-order valence-electron chi connectivity index (χ1n) is 7.76. The largest absolute Gasteiger partial charge is 0.402 e. The summed E-state index contributed by atoms with van der Waals surface area (Å²) in [6, 6.07) is 15.2. The first-order valence-corrected chi connectivity index (χ1v) is 7.76. The summed E-state index contributed by atoms with van der Waals surface area (Å²) in [5, 5.41) is 10.1. The number of benzene rings is 2. The van der Waals surface area contributed by atoms with Crippen molar-refractivity contribution in [2.24, 2.45) is 0 Å². The topological polar surface area (TPSA) is 62.3 Å². The first kappa shape index (κ1) is 13.1. The molecule has 4 aliphatic carbocycles. The Balaban J connectivity index is 2.02.